The number of halogens is 3. The van der Waals surface area contributed by atoms with E-state index < -0.39 is 18.3 Å². The summed E-state index contributed by atoms with van der Waals surface area (Å²) < 4.78 is 37.0. The zero-order valence-electron chi connectivity index (χ0n) is 11.3. The highest BCUT2D eigenvalue weighted by atomic mass is 19.4. The van der Waals surface area contributed by atoms with E-state index in [1.807, 2.05) is 0 Å². The number of hydrogen-bond acceptors (Lipinski definition) is 2. The van der Waals surface area contributed by atoms with E-state index in [-0.39, 0.29) is 6.54 Å². The van der Waals surface area contributed by atoms with Crippen LogP contribution in [0, 0.1) is 11.8 Å². The lowest BCUT2D eigenvalue weighted by molar-refractivity contribution is -0.130. The Morgan fingerprint density at radius 2 is 2.06 bits per heavy atom. The number of rotatable bonds is 5. The van der Waals surface area contributed by atoms with E-state index >= 15 is 0 Å². The smallest absolute Gasteiger partial charge is 0.329 e. The van der Waals surface area contributed by atoms with Crippen LogP contribution < -0.4 is 11.1 Å². The van der Waals surface area contributed by atoms with Gasteiger partial charge in [0.2, 0.25) is 0 Å². The van der Waals surface area contributed by atoms with Crippen molar-refractivity contribution in [1.29, 1.82) is 0 Å². The molecule has 1 fully saturated rings. The summed E-state index contributed by atoms with van der Waals surface area (Å²) in [4.78, 5) is 0. The number of nitrogens with one attached hydrogen (secondary N) is 1. The second-order valence-electron chi connectivity index (χ2n) is 6.05. The van der Waals surface area contributed by atoms with Gasteiger partial charge in [-0.05, 0) is 31.1 Å². The molecule has 0 aromatic rings. The molecule has 0 radical (unpaired) electrons. The van der Waals surface area contributed by atoms with Crippen LogP contribution in [0.25, 0.3) is 0 Å². The number of alkyl halides is 3. The van der Waals surface area contributed by atoms with Gasteiger partial charge in [-0.25, -0.2) is 0 Å². The summed E-state index contributed by atoms with van der Waals surface area (Å²) in [5.41, 5.74) is 5.22. The zero-order chi connectivity index (χ0) is 13.8. The minimum absolute atomic E-state index is 0.289. The zero-order valence-corrected chi connectivity index (χ0v) is 11.3. The van der Waals surface area contributed by atoms with Gasteiger partial charge >= 0.3 is 6.18 Å². The standard InChI is InChI=1S/C13H25F3N2/c1-10(2)6-11-4-3-5-12(7-11,8-17)18-9-13(14,15)16/h10-11,18H,3-9,17H2,1-2H3. The van der Waals surface area contributed by atoms with Gasteiger partial charge in [0.1, 0.15) is 0 Å². The molecule has 1 saturated carbocycles. The molecule has 18 heavy (non-hydrogen) atoms. The average molecular weight is 266 g/mol. The van der Waals surface area contributed by atoms with E-state index in [9.17, 15) is 13.2 Å². The Labute approximate surface area is 107 Å². The molecule has 1 aliphatic carbocycles. The topological polar surface area (TPSA) is 38.0 Å². The van der Waals surface area contributed by atoms with Gasteiger partial charge < -0.3 is 11.1 Å². The highest BCUT2D eigenvalue weighted by molar-refractivity contribution is 4.95. The third-order valence-corrected chi connectivity index (χ3v) is 3.81. The first-order valence-corrected chi connectivity index (χ1v) is 6.78. The van der Waals surface area contributed by atoms with Gasteiger partial charge in [-0.2, -0.15) is 13.2 Å². The predicted molar refractivity (Wildman–Crippen MR) is 67.3 cm³/mol. The van der Waals surface area contributed by atoms with Gasteiger partial charge in [0.15, 0.2) is 0 Å². The molecule has 2 atom stereocenters. The van der Waals surface area contributed by atoms with Crippen LogP contribution in [0.5, 0.6) is 0 Å². The van der Waals surface area contributed by atoms with E-state index in [0.29, 0.717) is 11.8 Å². The molecule has 0 heterocycles. The lowest BCUT2D eigenvalue weighted by Gasteiger charge is -2.42. The molecule has 0 aliphatic heterocycles. The van der Waals surface area contributed by atoms with Crippen LogP contribution in [-0.4, -0.2) is 24.8 Å². The van der Waals surface area contributed by atoms with Crippen molar-refractivity contribution in [3.05, 3.63) is 0 Å². The molecule has 3 N–H and O–H groups in total. The lowest BCUT2D eigenvalue weighted by atomic mass is 9.73. The van der Waals surface area contributed by atoms with Crippen LogP contribution in [0.3, 0.4) is 0 Å². The first-order chi connectivity index (χ1) is 8.26. The highest BCUT2D eigenvalue weighted by Gasteiger charge is 2.38. The first-order valence-electron chi connectivity index (χ1n) is 6.78. The maximum atomic E-state index is 12.3. The van der Waals surface area contributed by atoms with Gasteiger partial charge in [-0.1, -0.05) is 26.7 Å². The fourth-order valence-corrected chi connectivity index (χ4v) is 3.06. The summed E-state index contributed by atoms with van der Waals surface area (Å²) >= 11 is 0. The minimum Gasteiger partial charge on any atom is -0.329 e. The molecule has 5 heteroatoms. The number of nitrogens with two attached hydrogens (primary N) is 1. The Kier molecular flexibility index (Phi) is 5.46. The molecule has 2 nitrogen and oxygen atoms in total. The molecule has 1 rings (SSSR count). The maximum Gasteiger partial charge on any atom is 0.401 e. The van der Waals surface area contributed by atoms with Crippen LogP contribution in [0.1, 0.15) is 46.0 Å². The molecule has 0 aromatic carbocycles. The maximum absolute atomic E-state index is 12.3. The molecule has 0 aromatic heterocycles. The summed E-state index contributed by atoms with van der Waals surface area (Å²) in [7, 11) is 0. The Morgan fingerprint density at radius 1 is 1.39 bits per heavy atom. The normalized spacial score (nSPS) is 29.8. The van der Waals surface area contributed by atoms with E-state index in [1.165, 1.54) is 0 Å². The molecule has 0 bridgehead atoms. The Morgan fingerprint density at radius 3 is 2.56 bits per heavy atom. The molecule has 108 valence electrons. The highest BCUT2D eigenvalue weighted by Crippen LogP contribution is 2.35. The van der Waals surface area contributed by atoms with E-state index in [2.05, 4.69) is 19.2 Å². The first kappa shape index (κ1) is 15.8. The second-order valence-corrected chi connectivity index (χ2v) is 6.05. The molecule has 1 aliphatic rings. The summed E-state index contributed by atoms with van der Waals surface area (Å²) in [6.45, 7) is 3.67. The Bertz CT molecular complexity index is 253. The van der Waals surface area contributed by atoms with Crippen molar-refractivity contribution in [2.75, 3.05) is 13.1 Å². The lowest BCUT2D eigenvalue weighted by Crippen LogP contribution is -2.56. The molecular formula is C13H25F3N2. The third-order valence-electron chi connectivity index (χ3n) is 3.81. The number of hydrogen-bond donors (Lipinski definition) is 2. The van der Waals surface area contributed by atoms with Crippen molar-refractivity contribution >= 4 is 0 Å². The van der Waals surface area contributed by atoms with Crippen molar-refractivity contribution in [1.82, 2.24) is 5.32 Å². The fraction of sp³-hybridized carbons (Fsp3) is 1.00. The SMILES string of the molecule is CC(C)CC1CCCC(CN)(NCC(F)(F)F)C1. The molecule has 0 amide bonds. The average Bonchev–Trinajstić information content (AvgIpc) is 2.25. The van der Waals surface area contributed by atoms with E-state index in [4.69, 9.17) is 5.73 Å². The van der Waals surface area contributed by atoms with Crippen LogP contribution in [-0.2, 0) is 0 Å². The quantitative estimate of drug-likeness (QED) is 0.802. The monoisotopic (exact) mass is 266 g/mol. The molecule has 2 unspecified atom stereocenters. The van der Waals surface area contributed by atoms with Crippen LogP contribution in [0.15, 0.2) is 0 Å². The molecule has 0 saturated heterocycles. The Hall–Kier alpha value is -0.290. The van der Waals surface area contributed by atoms with Crippen LogP contribution in [0.4, 0.5) is 13.2 Å². The largest absolute Gasteiger partial charge is 0.401 e. The van der Waals surface area contributed by atoms with Crippen molar-refractivity contribution < 1.29 is 13.2 Å². The van der Waals surface area contributed by atoms with Crippen molar-refractivity contribution in [3.8, 4) is 0 Å². The predicted octanol–water partition coefficient (Wildman–Crippen LogP) is 3.07. The van der Waals surface area contributed by atoms with Gasteiger partial charge in [-0.15, -0.1) is 0 Å². The fourth-order valence-electron chi connectivity index (χ4n) is 3.06. The van der Waals surface area contributed by atoms with Crippen molar-refractivity contribution in [3.63, 3.8) is 0 Å². The Balaban J connectivity index is 2.57. The molecular weight excluding hydrogens is 241 g/mol. The van der Waals surface area contributed by atoms with Crippen LogP contribution in [0.2, 0.25) is 0 Å². The van der Waals surface area contributed by atoms with Crippen molar-refractivity contribution in [2.24, 2.45) is 17.6 Å². The summed E-state index contributed by atoms with van der Waals surface area (Å²) in [5.74, 6) is 1.09. The third kappa shape index (κ3) is 5.14. The molecule has 0 spiro atoms. The van der Waals surface area contributed by atoms with Gasteiger partial charge in [0, 0.05) is 12.1 Å². The second kappa shape index (κ2) is 6.24. The van der Waals surface area contributed by atoms with Gasteiger partial charge in [0.25, 0.3) is 0 Å². The summed E-state index contributed by atoms with van der Waals surface area (Å²) in [5, 5.41) is 2.68. The minimum atomic E-state index is -4.16. The summed E-state index contributed by atoms with van der Waals surface area (Å²) in [6, 6.07) is 0. The van der Waals surface area contributed by atoms with E-state index in [1.54, 1.807) is 0 Å². The summed E-state index contributed by atoms with van der Waals surface area (Å²) in [6.07, 6.45) is 0.543. The van der Waals surface area contributed by atoms with Crippen molar-refractivity contribution in [2.45, 2.75) is 57.7 Å². The van der Waals surface area contributed by atoms with Gasteiger partial charge in [-0.3, -0.25) is 0 Å². The van der Waals surface area contributed by atoms with Crippen LogP contribution >= 0.6 is 0 Å². The van der Waals surface area contributed by atoms with Gasteiger partial charge in [0.05, 0.1) is 6.54 Å². The van der Waals surface area contributed by atoms with E-state index in [0.717, 1.165) is 32.1 Å².